The maximum absolute atomic E-state index is 12.8. The summed E-state index contributed by atoms with van der Waals surface area (Å²) in [6.45, 7) is 4.09. The van der Waals surface area contributed by atoms with Gasteiger partial charge in [0.1, 0.15) is 5.78 Å². The van der Waals surface area contributed by atoms with Crippen molar-refractivity contribution >= 4 is 5.78 Å². The van der Waals surface area contributed by atoms with Crippen LogP contribution < -0.4 is 5.32 Å². The molecule has 0 spiro atoms. The number of benzene rings is 1. The van der Waals surface area contributed by atoms with E-state index in [4.69, 9.17) is 0 Å². The van der Waals surface area contributed by atoms with Gasteiger partial charge in [-0.15, -0.1) is 0 Å². The van der Waals surface area contributed by atoms with Crippen LogP contribution in [0.4, 0.5) is 0 Å². The van der Waals surface area contributed by atoms with Gasteiger partial charge in [0.25, 0.3) is 0 Å². The van der Waals surface area contributed by atoms with E-state index in [9.17, 15) is 4.79 Å². The molecule has 1 heterocycles. The van der Waals surface area contributed by atoms with Crippen molar-refractivity contribution in [2.45, 2.75) is 50.9 Å². The van der Waals surface area contributed by atoms with Crippen molar-refractivity contribution in [1.29, 1.82) is 0 Å². The summed E-state index contributed by atoms with van der Waals surface area (Å²) in [5.41, 5.74) is 0.998. The minimum Gasteiger partial charge on any atom is -0.317 e. The zero-order chi connectivity index (χ0) is 13.6. The van der Waals surface area contributed by atoms with E-state index in [0.29, 0.717) is 5.78 Å². The molecule has 1 aromatic carbocycles. The monoisotopic (exact) mass is 259 g/mol. The SMILES string of the molecule is CCCCCC(=O)C1(c2ccccc2)CCNCC1. The Kier molecular flexibility index (Phi) is 5.15. The molecule has 0 aromatic heterocycles. The fourth-order valence-electron chi connectivity index (χ4n) is 3.11. The third kappa shape index (κ3) is 3.24. The highest BCUT2D eigenvalue weighted by Crippen LogP contribution is 2.35. The van der Waals surface area contributed by atoms with Gasteiger partial charge in [-0.05, 0) is 37.9 Å². The van der Waals surface area contributed by atoms with Crippen LogP contribution in [0.3, 0.4) is 0 Å². The van der Waals surface area contributed by atoms with Crippen molar-refractivity contribution in [2.24, 2.45) is 0 Å². The second-order valence-corrected chi connectivity index (χ2v) is 5.58. The lowest BCUT2D eigenvalue weighted by Gasteiger charge is -2.37. The minimum atomic E-state index is -0.222. The molecule has 1 aliphatic heterocycles. The average Bonchev–Trinajstić information content (AvgIpc) is 2.49. The molecular formula is C17H25NO. The molecule has 1 aliphatic rings. The Bertz CT molecular complexity index is 393. The first kappa shape index (κ1) is 14.3. The first-order valence-electron chi connectivity index (χ1n) is 7.59. The van der Waals surface area contributed by atoms with E-state index >= 15 is 0 Å². The highest BCUT2D eigenvalue weighted by molar-refractivity contribution is 5.90. The number of Topliss-reactive ketones (excluding diaryl/α,β-unsaturated/α-hetero) is 1. The van der Waals surface area contributed by atoms with E-state index < -0.39 is 0 Å². The van der Waals surface area contributed by atoms with Crippen molar-refractivity contribution in [2.75, 3.05) is 13.1 Å². The molecule has 0 amide bonds. The van der Waals surface area contributed by atoms with E-state index in [-0.39, 0.29) is 5.41 Å². The molecule has 0 atom stereocenters. The molecule has 0 bridgehead atoms. The van der Waals surface area contributed by atoms with Gasteiger partial charge in [-0.3, -0.25) is 4.79 Å². The molecular weight excluding hydrogens is 234 g/mol. The van der Waals surface area contributed by atoms with E-state index in [0.717, 1.165) is 45.2 Å². The fourth-order valence-corrected chi connectivity index (χ4v) is 3.11. The molecule has 1 saturated heterocycles. The average molecular weight is 259 g/mol. The van der Waals surface area contributed by atoms with Crippen molar-refractivity contribution in [3.8, 4) is 0 Å². The summed E-state index contributed by atoms with van der Waals surface area (Å²) in [5, 5.41) is 3.38. The molecule has 2 heteroatoms. The summed E-state index contributed by atoms with van der Waals surface area (Å²) in [5.74, 6) is 0.452. The molecule has 1 aromatic rings. The van der Waals surface area contributed by atoms with E-state index in [1.54, 1.807) is 0 Å². The second kappa shape index (κ2) is 6.85. The Balaban J connectivity index is 2.17. The minimum absolute atomic E-state index is 0.222. The summed E-state index contributed by atoms with van der Waals surface area (Å²) < 4.78 is 0. The maximum atomic E-state index is 12.8. The topological polar surface area (TPSA) is 29.1 Å². The van der Waals surface area contributed by atoms with Crippen LogP contribution in [0.25, 0.3) is 0 Å². The molecule has 1 N–H and O–H groups in total. The molecule has 1 fully saturated rings. The van der Waals surface area contributed by atoms with Gasteiger partial charge in [-0.2, -0.15) is 0 Å². The lowest BCUT2D eigenvalue weighted by Crippen LogP contribution is -2.45. The Morgan fingerprint density at radius 1 is 1.16 bits per heavy atom. The Hall–Kier alpha value is -1.15. The highest BCUT2D eigenvalue weighted by Gasteiger charge is 2.39. The number of hydrogen-bond donors (Lipinski definition) is 1. The van der Waals surface area contributed by atoms with Crippen LogP contribution in [-0.4, -0.2) is 18.9 Å². The predicted molar refractivity (Wildman–Crippen MR) is 79.4 cm³/mol. The third-order valence-corrected chi connectivity index (χ3v) is 4.32. The normalized spacial score (nSPS) is 18.2. The molecule has 0 aliphatic carbocycles. The molecule has 19 heavy (non-hydrogen) atoms. The lowest BCUT2D eigenvalue weighted by atomic mass is 9.69. The predicted octanol–water partition coefficient (Wildman–Crippen LogP) is 3.46. The zero-order valence-corrected chi connectivity index (χ0v) is 12.0. The first-order valence-corrected chi connectivity index (χ1v) is 7.59. The van der Waals surface area contributed by atoms with Crippen LogP contribution >= 0.6 is 0 Å². The molecule has 2 nitrogen and oxygen atoms in total. The number of hydrogen-bond acceptors (Lipinski definition) is 2. The van der Waals surface area contributed by atoms with Crippen LogP contribution in [0, 0.1) is 0 Å². The van der Waals surface area contributed by atoms with E-state index in [1.165, 1.54) is 12.0 Å². The van der Waals surface area contributed by atoms with Gasteiger partial charge < -0.3 is 5.32 Å². The molecule has 0 unspecified atom stereocenters. The van der Waals surface area contributed by atoms with Crippen LogP contribution in [0.15, 0.2) is 30.3 Å². The molecule has 2 rings (SSSR count). The summed E-state index contributed by atoms with van der Waals surface area (Å²) in [7, 11) is 0. The second-order valence-electron chi connectivity index (χ2n) is 5.58. The zero-order valence-electron chi connectivity index (χ0n) is 12.0. The van der Waals surface area contributed by atoms with E-state index in [2.05, 4.69) is 36.5 Å². The van der Waals surface area contributed by atoms with Crippen molar-refractivity contribution in [3.05, 3.63) is 35.9 Å². The molecule has 104 valence electrons. The van der Waals surface area contributed by atoms with Gasteiger partial charge in [-0.1, -0.05) is 50.1 Å². The summed E-state index contributed by atoms with van der Waals surface area (Å²) in [6, 6.07) is 10.4. The van der Waals surface area contributed by atoms with Crippen LogP contribution in [0.5, 0.6) is 0 Å². The number of rotatable bonds is 6. The number of unbranched alkanes of at least 4 members (excludes halogenated alkanes) is 2. The van der Waals surface area contributed by atoms with E-state index in [1.807, 2.05) is 6.07 Å². The lowest BCUT2D eigenvalue weighted by molar-refractivity contribution is -0.125. The van der Waals surface area contributed by atoms with Crippen LogP contribution in [0.1, 0.15) is 51.0 Å². The Labute approximate surface area is 116 Å². The quantitative estimate of drug-likeness (QED) is 0.793. The van der Waals surface area contributed by atoms with Crippen molar-refractivity contribution in [1.82, 2.24) is 5.32 Å². The highest BCUT2D eigenvalue weighted by atomic mass is 16.1. The smallest absolute Gasteiger partial charge is 0.143 e. The fraction of sp³-hybridized carbons (Fsp3) is 0.588. The summed E-state index contributed by atoms with van der Waals surface area (Å²) in [4.78, 5) is 12.8. The number of ketones is 1. The van der Waals surface area contributed by atoms with Gasteiger partial charge in [0.05, 0.1) is 5.41 Å². The number of carbonyl (C=O) groups is 1. The van der Waals surface area contributed by atoms with Gasteiger partial charge in [-0.25, -0.2) is 0 Å². The van der Waals surface area contributed by atoms with Gasteiger partial charge >= 0.3 is 0 Å². The Morgan fingerprint density at radius 3 is 2.47 bits per heavy atom. The van der Waals surface area contributed by atoms with Gasteiger partial charge in [0.2, 0.25) is 0 Å². The summed E-state index contributed by atoms with van der Waals surface area (Å²) >= 11 is 0. The molecule has 0 radical (unpaired) electrons. The van der Waals surface area contributed by atoms with Gasteiger partial charge in [0.15, 0.2) is 0 Å². The van der Waals surface area contributed by atoms with Crippen LogP contribution in [-0.2, 0) is 10.2 Å². The standard InChI is InChI=1S/C17H25NO/c1-2-3-5-10-16(19)17(11-13-18-14-12-17)15-8-6-4-7-9-15/h4,6-9,18H,2-3,5,10-14H2,1H3. The van der Waals surface area contributed by atoms with Crippen molar-refractivity contribution in [3.63, 3.8) is 0 Å². The third-order valence-electron chi connectivity index (χ3n) is 4.32. The number of nitrogens with one attached hydrogen (secondary N) is 1. The molecule has 0 saturated carbocycles. The first-order chi connectivity index (χ1) is 9.29. The van der Waals surface area contributed by atoms with Crippen molar-refractivity contribution < 1.29 is 4.79 Å². The number of carbonyl (C=O) groups excluding carboxylic acids is 1. The maximum Gasteiger partial charge on any atom is 0.143 e. The van der Waals surface area contributed by atoms with Crippen LogP contribution in [0.2, 0.25) is 0 Å². The summed E-state index contributed by atoms with van der Waals surface area (Å²) in [6.07, 6.45) is 6.01. The number of piperidine rings is 1. The largest absolute Gasteiger partial charge is 0.317 e. The van der Waals surface area contributed by atoms with Gasteiger partial charge in [0, 0.05) is 6.42 Å². The Morgan fingerprint density at radius 2 is 1.84 bits per heavy atom.